The molecular weight excluding hydrogens is 281 g/mol. The summed E-state index contributed by atoms with van der Waals surface area (Å²) in [5, 5.41) is 2.55. The second-order valence-electron chi connectivity index (χ2n) is 4.16. The third kappa shape index (κ3) is 3.03. The van der Waals surface area contributed by atoms with Gasteiger partial charge in [-0.3, -0.25) is 4.79 Å². The molecule has 0 heterocycles. The Bertz CT molecular complexity index is 722. The first kappa shape index (κ1) is 14.2. The number of rotatable bonds is 3. The first-order valence-electron chi connectivity index (χ1n) is 5.78. The molecule has 2 aromatic carbocycles. The highest BCUT2D eigenvalue weighted by atomic mass is 32.2. The van der Waals surface area contributed by atoms with Crippen molar-refractivity contribution in [1.29, 1.82) is 0 Å². The third-order valence-corrected chi connectivity index (χ3v) is 4.39. The number of sulfone groups is 1. The van der Waals surface area contributed by atoms with Gasteiger partial charge in [0.25, 0.3) is 0 Å². The monoisotopic (exact) mass is 293 g/mol. The van der Waals surface area contributed by atoms with Gasteiger partial charge in [-0.1, -0.05) is 0 Å². The van der Waals surface area contributed by atoms with E-state index >= 15 is 0 Å². The highest BCUT2D eigenvalue weighted by Crippen LogP contribution is 2.22. The summed E-state index contributed by atoms with van der Waals surface area (Å²) in [5.41, 5.74) is 0.510. The van der Waals surface area contributed by atoms with Crippen LogP contribution in [0.5, 0.6) is 0 Å². The number of nitrogens with one attached hydrogen (secondary N) is 1. The fraction of sp³-hybridized carbons (Fsp3) is 0.0714. The molecule has 2 rings (SSSR count). The Balaban J connectivity index is 2.34. The summed E-state index contributed by atoms with van der Waals surface area (Å²) in [7, 11) is -3.68. The molecule has 0 saturated heterocycles. The van der Waals surface area contributed by atoms with Crippen molar-refractivity contribution in [3.8, 4) is 0 Å². The van der Waals surface area contributed by atoms with Crippen LogP contribution in [0.3, 0.4) is 0 Å². The van der Waals surface area contributed by atoms with Crippen LogP contribution in [-0.4, -0.2) is 14.3 Å². The minimum Gasteiger partial charge on any atom is -0.326 e. The molecule has 6 heteroatoms. The summed E-state index contributed by atoms with van der Waals surface area (Å²) in [5.74, 6) is -0.732. The number of halogens is 1. The molecule has 104 valence electrons. The molecule has 0 aliphatic carbocycles. The molecule has 4 nitrogen and oxygen atoms in total. The standard InChI is InChI=1S/C14H12FNO3S/c1-10(17)16-12-4-8-14(9-5-12)20(18,19)13-6-2-11(15)3-7-13/h2-9H,1H3,(H,16,17). The van der Waals surface area contributed by atoms with Gasteiger partial charge in [0.05, 0.1) is 9.79 Å². The largest absolute Gasteiger partial charge is 0.326 e. The average molecular weight is 293 g/mol. The van der Waals surface area contributed by atoms with Gasteiger partial charge in [-0.05, 0) is 48.5 Å². The van der Waals surface area contributed by atoms with Gasteiger partial charge < -0.3 is 5.32 Å². The maximum absolute atomic E-state index is 12.8. The van der Waals surface area contributed by atoms with Crippen LogP contribution in [0.15, 0.2) is 58.3 Å². The highest BCUT2D eigenvalue weighted by molar-refractivity contribution is 7.91. The number of hydrogen-bond acceptors (Lipinski definition) is 3. The lowest BCUT2D eigenvalue weighted by Gasteiger charge is -2.06. The Labute approximate surface area is 116 Å². The van der Waals surface area contributed by atoms with Gasteiger partial charge in [-0.15, -0.1) is 0 Å². The normalized spacial score (nSPS) is 11.1. The molecule has 1 N–H and O–H groups in total. The van der Waals surface area contributed by atoms with Crippen LogP contribution < -0.4 is 5.32 Å². The van der Waals surface area contributed by atoms with Crippen LogP contribution in [0.2, 0.25) is 0 Å². The lowest BCUT2D eigenvalue weighted by molar-refractivity contribution is -0.114. The van der Waals surface area contributed by atoms with Crippen molar-refractivity contribution in [3.63, 3.8) is 0 Å². The predicted octanol–water partition coefficient (Wildman–Crippen LogP) is 2.62. The van der Waals surface area contributed by atoms with Crippen LogP contribution in [-0.2, 0) is 14.6 Å². The van der Waals surface area contributed by atoms with Gasteiger partial charge in [0.2, 0.25) is 15.7 Å². The van der Waals surface area contributed by atoms with E-state index in [1.54, 1.807) is 0 Å². The van der Waals surface area contributed by atoms with Gasteiger partial charge in [0.15, 0.2) is 0 Å². The summed E-state index contributed by atoms with van der Waals surface area (Å²) in [6.07, 6.45) is 0. The van der Waals surface area contributed by atoms with Crippen LogP contribution in [0.4, 0.5) is 10.1 Å². The van der Waals surface area contributed by atoms with Crippen molar-refractivity contribution in [2.75, 3.05) is 5.32 Å². The average Bonchev–Trinajstić information content (AvgIpc) is 2.39. The van der Waals surface area contributed by atoms with E-state index in [1.807, 2.05) is 0 Å². The van der Waals surface area contributed by atoms with E-state index in [0.29, 0.717) is 5.69 Å². The molecule has 0 spiro atoms. The van der Waals surface area contributed by atoms with Crippen molar-refractivity contribution in [1.82, 2.24) is 0 Å². The van der Waals surface area contributed by atoms with Crippen LogP contribution >= 0.6 is 0 Å². The van der Waals surface area contributed by atoms with Crippen molar-refractivity contribution in [2.24, 2.45) is 0 Å². The maximum Gasteiger partial charge on any atom is 0.221 e. The first-order valence-corrected chi connectivity index (χ1v) is 7.26. The third-order valence-electron chi connectivity index (χ3n) is 2.61. The number of hydrogen-bond donors (Lipinski definition) is 1. The Morgan fingerprint density at radius 2 is 1.40 bits per heavy atom. The van der Waals surface area contributed by atoms with Gasteiger partial charge in [-0.25, -0.2) is 12.8 Å². The minimum atomic E-state index is -3.68. The fourth-order valence-corrected chi connectivity index (χ4v) is 2.93. The summed E-state index contributed by atoms with van der Waals surface area (Å²) >= 11 is 0. The number of carbonyl (C=O) groups is 1. The van der Waals surface area contributed by atoms with E-state index in [-0.39, 0.29) is 15.7 Å². The first-order chi connectivity index (χ1) is 9.39. The smallest absolute Gasteiger partial charge is 0.221 e. The highest BCUT2D eigenvalue weighted by Gasteiger charge is 2.17. The van der Waals surface area contributed by atoms with E-state index in [4.69, 9.17) is 0 Å². The Morgan fingerprint density at radius 1 is 0.950 bits per heavy atom. The van der Waals surface area contributed by atoms with Crippen molar-refractivity contribution >= 4 is 21.4 Å². The Hall–Kier alpha value is -2.21. The molecule has 0 atom stereocenters. The molecule has 0 bridgehead atoms. The van der Waals surface area contributed by atoms with Gasteiger partial charge in [-0.2, -0.15) is 0 Å². The summed E-state index contributed by atoms with van der Waals surface area (Å²) in [4.78, 5) is 11.0. The van der Waals surface area contributed by atoms with Crippen LogP contribution in [0, 0.1) is 5.82 Å². The molecule has 0 saturated carbocycles. The summed E-state index contributed by atoms with van der Waals surface area (Å²) in [6, 6.07) is 10.4. The molecule has 20 heavy (non-hydrogen) atoms. The minimum absolute atomic E-state index is 0.0196. The maximum atomic E-state index is 12.8. The molecule has 1 amide bonds. The molecule has 0 fully saturated rings. The van der Waals surface area contributed by atoms with E-state index in [2.05, 4.69) is 5.32 Å². The lowest BCUT2D eigenvalue weighted by Crippen LogP contribution is -2.06. The number of benzene rings is 2. The predicted molar refractivity (Wildman–Crippen MR) is 72.6 cm³/mol. The van der Waals surface area contributed by atoms with E-state index in [0.717, 1.165) is 12.1 Å². The molecule has 0 aliphatic rings. The lowest BCUT2D eigenvalue weighted by atomic mass is 10.3. The van der Waals surface area contributed by atoms with Gasteiger partial charge in [0.1, 0.15) is 5.82 Å². The molecule has 0 aromatic heterocycles. The van der Waals surface area contributed by atoms with Crippen LogP contribution in [0.1, 0.15) is 6.92 Å². The molecule has 0 unspecified atom stereocenters. The van der Waals surface area contributed by atoms with Crippen molar-refractivity contribution in [3.05, 3.63) is 54.3 Å². The molecule has 2 aromatic rings. The number of anilines is 1. The van der Waals surface area contributed by atoms with Crippen LogP contribution in [0.25, 0.3) is 0 Å². The van der Waals surface area contributed by atoms with Gasteiger partial charge in [0, 0.05) is 12.6 Å². The SMILES string of the molecule is CC(=O)Nc1ccc(S(=O)(=O)c2ccc(F)cc2)cc1. The van der Waals surface area contributed by atoms with Gasteiger partial charge >= 0.3 is 0 Å². The Morgan fingerprint density at radius 3 is 1.85 bits per heavy atom. The molecule has 0 radical (unpaired) electrons. The quantitative estimate of drug-likeness (QED) is 0.885. The van der Waals surface area contributed by atoms with Crippen molar-refractivity contribution < 1.29 is 17.6 Å². The second kappa shape index (κ2) is 5.42. The molecule has 0 aliphatic heterocycles. The fourth-order valence-electron chi connectivity index (χ4n) is 1.67. The van der Waals surface area contributed by atoms with E-state index in [1.165, 1.54) is 43.3 Å². The Kier molecular flexibility index (Phi) is 3.85. The zero-order valence-corrected chi connectivity index (χ0v) is 11.4. The summed E-state index contributed by atoms with van der Waals surface area (Å²) < 4.78 is 37.4. The summed E-state index contributed by atoms with van der Waals surface area (Å²) in [6.45, 7) is 1.36. The number of amides is 1. The van der Waals surface area contributed by atoms with E-state index < -0.39 is 15.7 Å². The zero-order chi connectivity index (χ0) is 14.8. The van der Waals surface area contributed by atoms with Crippen molar-refractivity contribution in [2.45, 2.75) is 16.7 Å². The number of carbonyl (C=O) groups excluding carboxylic acids is 1. The van der Waals surface area contributed by atoms with E-state index in [9.17, 15) is 17.6 Å². The zero-order valence-electron chi connectivity index (χ0n) is 10.6. The molecular formula is C14H12FNO3S. The second-order valence-corrected chi connectivity index (χ2v) is 6.11. The topological polar surface area (TPSA) is 63.2 Å².